The molecule has 0 aromatic carbocycles. The van der Waals surface area contributed by atoms with Crippen LogP contribution in [0.15, 0.2) is 28.9 Å². The number of nitrogens with one attached hydrogen (secondary N) is 1. The van der Waals surface area contributed by atoms with E-state index < -0.39 is 5.97 Å². The molecule has 2 atom stereocenters. The van der Waals surface area contributed by atoms with Gasteiger partial charge in [-0.1, -0.05) is 5.16 Å². The highest BCUT2D eigenvalue weighted by molar-refractivity contribution is 5.70. The summed E-state index contributed by atoms with van der Waals surface area (Å²) in [5.74, 6) is 1.66. The topological polar surface area (TPSA) is 127 Å². The van der Waals surface area contributed by atoms with Crippen LogP contribution in [0.3, 0.4) is 0 Å². The highest BCUT2D eigenvalue weighted by atomic mass is 16.5. The lowest BCUT2D eigenvalue weighted by Crippen LogP contribution is -2.30. The lowest BCUT2D eigenvalue weighted by molar-refractivity contribution is -0.143. The fraction of sp³-hybridized carbons (Fsp3) is 0.519. The van der Waals surface area contributed by atoms with E-state index in [0.717, 1.165) is 48.7 Å². The van der Waals surface area contributed by atoms with Crippen molar-refractivity contribution in [1.82, 2.24) is 20.1 Å². The number of ether oxygens (including phenoxy) is 1. The van der Waals surface area contributed by atoms with Crippen LogP contribution in [0.1, 0.15) is 61.9 Å². The molecule has 0 spiro atoms. The normalized spacial score (nSPS) is 20.0. The van der Waals surface area contributed by atoms with Gasteiger partial charge in [0.25, 0.3) is 0 Å². The summed E-state index contributed by atoms with van der Waals surface area (Å²) in [6, 6.07) is 5.72. The summed E-state index contributed by atoms with van der Waals surface area (Å²) in [7, 11) is 0. The van der Waals surface area contributed by atoms with Crippen molar-refractivity contribution in [2.45, 2.75) is 71.4 Å². The molecule has 1 aliphatic heterocycles. The Morgan fingerprint density at radius 2 is 2.00 bits per heavy atom. The number of hydrogen-bond acceptors (Lipinski definition) is 9. The first-order chi connectivity index (χ1) is 18.0. The maximum absolute atomic E-state index is 11.3. The molecular weight excluding hydrogens is 472 g/mol. The number of piperidine rings is 1. The average Bonchev–Trinajstić information content (AvgIpc) is 3.28. The van der Waals surface area contributed by atoms with Gasteiger partial charge in [0.1, 0.15) is 17.3 Å². The van der Waals surface area contributed by atoms with E-state index in [1.165, 1.54) is 19.3 Å². The lowest BCUT2D eigenvalue weighted by atomic mass is 9.87. The van der Waals surface area contributed by atoms with Gasteiger partial charge in [-0.3, -0.25) is 4.79 Å². The van der Waals surface area contributed by atoms with Gasteiger partial charge in [0.15, 0.2) is 5.76 Å². The van der Waals surface area contributed by atoms with Gasteiger partial charge in [0.05, 0.1) is 23.9 Å². The van der Waals surface area contributed by atoms with E-state index in [-0.39, 0.29) is 12.0 Å². The van der Waals surface area contributed by atoms with Gasteiger partial charge in [-0.25, -0.2) is 9.97 Å². The number of carboxylic acids is 1. The van der Waals surface area contributed by atoms with Crippen LogP contribution in [0, 0.1) is 19.8 Å². The molecule has 10 heteroatoms. The van der Waals surface area contributed by atoms with E-state index in [9.17, 15) is 9.90 Å². The Bertz CT molecular complexity index is 1220. The summed E-state index contributed by atoms with van der Waals surface area (Å²) < 4.78 is 11.7. The molecule has 2 fully saturated rings. The van der Waals surface area contributed by atoms with E-state index in [2.05, 4.69) is 25.3 Å². The molecule has 5 rings (SSSR count). The van der Waals surface area contributed by atoms with Crippen LogP contribution in [0.25, 0.3) is 11.5 Å². The van der Waals surface area contributed by atoms with Gasteiger partial charge in [-0.05, 0) is 70.9 Å². The summed E-state index contributed by atoms with van der Waals surface area (Å²) in [5, 5.41) is 16.8. The molecule has 3 aromatic heterocycles. The van der Waals surface area contributed by atoms with Crippen LogP contribution < -0.4 is 15.0 Å². The molecule has 196 valence electrons. The fourth-order valence-electron chi connectivity index (χ4n) is 5.13. The summed E-state index contributed by atoms with van der Waals surface area (Å²) in [6.45, 7) is 6.39. The van der Waals surface area contributed by atoms with Gasteiger partial charge in [-0.2, -0.15) is 4.98 Å². The standard InChI is InChI=1S/C27H34N6O4/c1-17-13-24(33-11-4-3-5-12-33)31-27(30-17)29-16-22-18(2)32-37-25(22)23-10-9-21(15-28-23)36-20-8-6-7-19(14-20)26(34)35/h9-10,13,15,19-20H,3-8,11-12,14,16H2,1-2H3,(H,34,35)(H,29,30,31)/t19-,20-/m0/s1. The molecule has 0 unspecified atom stereocenters. The molecule has 2 N–H and O–H groups in total. The quantitative estimate of drug-likeness (QED) is 0.441. The molecule has 0 radical (unpaired) electrons. The van der Waals surface area contributed by atoms with Crippen molar-refractivity contribution in [2.75, 3.05) is 23.3 Å². The minimum absolute atomic E-state index is 0.112. The number of carboxylic acid groups (broad SMARTS) is 1. The molecular formula is C27H34N6O4. The number of rotatable bonds is 8. The number of anilines is 2. The summed E-state index contributed by atoms with van der Waals surface area (Å²) in [6.07, 6.45) is 8.13. The Hall–Kier alpha value is -3.69. The average molecular weight is 507 g/mol. The first-order valence-corrected chi connectivity index (χ1v) is 13.1. The summed E-state index contributed by atoms with van der Waals surface area (Å²) >= 11 is 0. The summed E-state index contributed by atoms with van der Waals surface area (Å²) in [4.78, 5) is 27.5. The van der Waals surface area contributed by atoms with E-state index in [4.69, 9.17) is 14.2 Å². The molecule has 0 bridgehead atoms. The van der Waals surface area contributed by atoms with E-state index in [1.54, 1.807) is 6.20 Å². The molecule has 2 aliphatic rings. The van der Waals surface area contributed by atoms with Crippen LogP contribution in [0.5, 0.6) is 5.75 Å². The Balaban J connectivity index is 1.26. The van der Waals surface area contributed by atoms with Crippen molar-refractivity contribution < 1.29 is 19.2 Å². The van der Waals surface area contributed by atoms with Gasteiger partial charge in [0, 0.05) is 37.0 Å². The van der Waals surface area contributed by atoms with Crippen molar-refractivity contribution in [2.24, 2.45) is 5.92 Å². The predicted molar refractivity (Wildman–Crippen MR) is 139 cm³/mol. The fourth-order valence-corrected chi connectivity index (χ4v) is 5.13. The highest BCUT2D eigenvalue weighted by Crippen LogP contribution is 2.30. The second-order valence-corrected chi connectivity index (χ2v) is 9.99. The molecule has 10 nitrogen and oxygen atoms in total. The Labute approximate surface area is 216 Å². The molecule has 37 heavy (non-hydrogen) atoms. The minimum atomic E-state index is -0.748. The molecule has 4 heterocycles. The largest absolute Gasteiger partial charge is 0.489 e. The van der Waals surface area contributed by atoms with Crippen molar-refractivity contribution >= 4 is 17.7 Å². The third-order valence-electron chi connectivity index (χ3n) is 7.18. The number of carbonyl (C=O) groups is 1. The van der Waals surface area contributed by atoms with Crippen molar-refractivity contribution in [3.05, 3.63) is 41.3 Å². The van der Waals surface area contributed by atoms with Crippen LogP contribution in [-0.4, -0.2) is 50.4 Å². The van der Waals surface area contributed by atoms with E-state index >= 15 is 0 Å². The van der Waals surface area contributed by atoms with E-state index in [0.29, 0.717) is 42.5 Å². The number of aryl methyl sites for hydroxylation is 2. The van der Waals surface area contributed by atoms with Crippen molar-refractivity contribution in [3.63, 3.8) is 0 Å². The molecule has 0 amide bonds. The Morgan fingerprint density at radius 3 is 2.76 bits per heavy atom. The van der Waals surface area contributed by atoms with Crippen LogP contribution >= 0.6 is 0 Å². The maximum atomic E-state index is 11.3. The first-order valence-electron chi connectivity index (χ1n) is 13.1. The molecule has 1 aliphatic carbocycles. The lowest BCUT2D eigenvalue weighted by Gasteiger charge is -2.28. The second kappa shape index (κ2) is 11.1. The third kappa shape index (κ3) is 6.00. The van der Waals surface area contributed by atoms with E-state index in [1.807, 2.05) is 32.0 Å². The second-order valence-electron chi connectivity index (χ2n) is 9.99. The third-order valence-corrected chi connectivity index (χ3v) is 7.18. The maximum Gasteiger partial charge on any atom is 0.306 e. The Morgan fingerprint density at radius 1 is 1.16 bits per heavy atom. The number of aromatic nitrogens is 4. The highest BCUT2D eigenvalue weighted by Gasteiger charge is 2.28. The smallest absolute Gasteiger partial charge is 0.306 e. The number of pyridine rings is 1. The predicted octanol–water partition coefficient (Wildman–Crippen LogP) is 4.77. The van der Waals surface area contributed by atoms with Gasteiger partial charge in [0.2, 0.25) is 5.95 Å². The SMILES string of the molecule is Cc1cc(N2CCCCC2)nc(NCc2c(C)noc2-c2ccc(O[C@H]3CCC[C@H](C(=O)O)C3)cn2)n1. The molecule has 3 aromatic rings. The zero-order chi connectivity index (χ0) is 25.8. The summed E-state index contributed by atoms with van der Waals surface area (Å²) in [5.41, 5.74) is 3.24. The van der Waals surface area contributed by atoms with Gasteiger partial charge in [-0.15, -0.1) is 0 Å². The number of nitrogens with zero attached hydrogens (tertiary/aromatic N) is 5. The van der Waals surface area contributed by atoms with Crippen LogP contribution in [0.4, 0.5) is 11.8 Å². The number of aliphatic carboxylic acids is 1. The molecule has 1 saturated heterocycles. The zero-order valence-corrected chi connectivity index (χ0v) is 21.4. The van der Waals surface area contributed by atoms with Crippen molar-refractivity contribution in [3.8, 4) is 17.2 Å². The van der Waals surface area contributed by atoms with Crippen LogP contribution in [0.2, 0.25) is 0 Å². The Kier molecular flexibility index (Phi) is 7.52. The van der Waals surface area contributed by atoms with Crippen molar-refractivity contribution in [1.29, 1.82) is 0 Å². The van der Waals surface area contributed by atoms with Crippen LogP contribution in [-0.2, 0) is 11.3 Å². The van der Waals surface area contributed by atoms with Gasteiger partial charge < -0.3 is 24.6 Å². The van der Waals surface area contributed by atoms with Gasteiger partial charge >= 0.3 is 5.97 Å². The first kappa shape index (κ1) is 25.0. The minimum Gasteiger partial charge on any atom is -0.489 e. The number of hydrogen-bond donors (Lipinski definition) is 2. The zero-order valence-electron chi connectivity index (χ0n) is 21.4. The molecule has 1 saturated carbocycles. The monoisotopic (exact) mass is 506 g/mol.